The molecule has 0 spiro atoms. The lowest BCUT2D eigenvalue weighted by Crippen LogP contribution is -1.82. The van der Waals surface area contributed by atoms with Crippen LogP contribution in [-0.2, 0) is 0 Å². The molecule has 1 heterocycles. The molecule has 0 fully saturated rings. The maximum Gasteiger partial charge on any atom is 0.151 e. The summed E-state index contributed by atoms with van der Waals surface area (Å²) in [4.78, 5) is 7.98. The highest BCUT2D eigenvalue weighted by atomic mass is 14.8. The molecular weight excluding hydrogens is 124 g/mol. The van der Waals surface area contributed by atoms with Gasteiger partial charge >= 0.3 is 0 Å². The van der Waals surface area contributed by atoms with Gasteiger partial charge in [0, 0.05) is 12.4 Å². The Labute approximate surface area is 60.6 Å². The van der Waals surface area contributed by atoms with E-state index in [1.54, 1.807) is 18.5 Å². The number of hydrogen-bond donors (Lipinski definition) is 0. The van der Waals surface area contributed by atoms with Gasteiger partial charge < -0.3 is 0 Å². The summed E-state index contributed by atoms with van der Waals surface area (Å²) in [5.41, 5.74) is 0. The van der Waals surface area contributed by atoms with Crippen molar-refractivity contribution in [1.29, 1.82) is 0 Å². The van der Waals surface area contributed by atoms with Crippen molar-refractivity contribution in [2.45, 2.75) is 6.42 Å². The van der Waals surface area contributed by atoms with Crippen molar-refractivity contribution in [3.8, 4) is 0 Å². The zero-order valence-corrected chi connectivity index (χ0v) is 5.70. The predicted molar refractivity (Wildman–Crippen MR) is 41.0 cm³/mol. The van der Waals surface area contributed by atoms with Gasteiger partial charge in [-0.15, -0.1) is 0 Å². The average molecular weight is 133 g/mol. The third-order valence-electron chi connectivity index (χ3n) is 1.02. The minimum Gasteiger partial charge on any atom is -0.237 e. The molecule has 2 heteroatoms. The van der Waals surface area contributed by atoms with Crippen LogP contribution >= 0.6 is 0 Å². The molecule has 0 N–H and O–H groups in total. The van der Waals surface area contributed by atoms with E-state index in [4.69, 9.17) is 0 Å². The summed E-state index contributed by atoms with van der Waals surface area (Å²) < 4.78 is 0. The second-order valence-corrected chi connectivity index (χ2v) is 1.80. The molecule has 0 saturated carbocycles. The average Bonchev–Trinajstić information content (AvgIpc) is 2.03. The van der Waals surface area contributed by atoms with Gasteiger partial charge in [0.15, 0.2) is 5.82 Å². The quantitative estimate of drug-likeness (QED) is 0.613. The summed E-state index contributed by atoms with van der Waals surface area (Å²) in [6.07, 6.45) is 7.99. The first kappa shape index (κ1) is 6.93. The van der Waals surface area contributed by atoms with Crippen molar-refractivity contribution in [3.63, 3.8) is 0 Å². The van der Waals surface area contributed by atoms with Gasteiger partial charge in [-0.25, -0.2) is 9.97 Å². The second-order valence-electron chi connectivity index (χ2n) is 1.80. The van der Waals surface area contributed by atoms with E-state index in [9.17, 15) is 0 Å². The molecule has 51 valence electrons. The number of rotatable bonds is 2. The highest BCUT2D eigenvalue weighted by Crippen LogP contribution is 1.91. The molecule has 1 aromatic rings. The minimum atomic E-state index is 0.742. The molecule has 1 aromatic heterocycles. The molecule has 0 aromatic carbocycles. The molecule has 0 bridgehead atoms. The molecule has 1 rings (SSSR count). The van der Waals surface area contributed by atoms with E-state index in [0.717, 1.165) is 12.2 Å². The van der Waals surface area contributed by atoms with Crippen molar-refractivity contribution < 1.29 is 0 Å². The molecule has 0 unspecified atom stereocenters. The van der Waals surface area contributed by atoms with Crippen LogP contribution in [0.4, 0.5) is 0 Å². The van der Waals surface area contributed by atoms with Crippen molar-refractivity contribution in [2.75, 3.05) is 0 Å². The van der Waals surface area contributed by atoms with Crippen LogP contribution in [0.3, 0.4) is 0 Å². The Balaban J connectivity index is 2.67. The second kappa shape index (κ2) is 3.77. The summed E-state index contributed by atoms with van der Waals surface area (Å²) in [6.45, 7) is 3.66. The Morgan fingerprint density at radius 2 is 2.10 bits per heavy atom. The van der Waals surface area contributed by atoms with E-state index < -0.39 is 0 Å². The van der Waals surface area contributed by atoms with Crippen LogP contribution in [-0.4, -0.2) is 9.97 Å². The molecule has 2 nitrogen and oxygen atoms in total. The van der Waals surface area contributed by atoms with Crippen LogP contribution in [0.5, 0.6) is 0 Å². The Bertz CT molecular complexity index is 204. The zero-order chi connectivity index (χ0) is 7.23. The Morgan fingerprint density at radius 1 is 1.40 bits per heavy atom. The molecular formula is C8H9N2. The molecule has 0 aliphatic rings. The molecule has 1 radical (unpaired) electrons. The molecule has 0 aliphatic carbocycles. The van der Waals surface area contributed by atoms with E-state index in [-0.39, 0.29) is 0 Å². The van der Waals surface area contributed by atoms with Crippen LogP contribution in [0.1, 0.15) is 12.2 Å². The first-order valence-corrected chi connectivity index (χ1v) is 3.16. The van der Waals surface area contributed by atoms with E-state index in [2.05, 4.69) is 16.9 Å². The number of allylic oxidation sites excluding steroid dienone is 1. The number of hydrogen-bond acceptors (Lipinski definition) is 2. The van der Waals surface area contributed by atoms with Gasteiger partial charge in [0.2, 0.25) is 0 Å². The van der Waals surface area contributed by atoms with E-state index in [1.807, 2.05) is 12.2 Å². The third-order valence-corrected chi connectivity index (χ3v) is 1.02. The highest BCUT2D eigenvalue weighted by molar-refractivity contribution is 5.38. The van der Waals surface area contributed by atoms with Gasteiger partial charge in [-0.3, -0.25) is 0 Å². The molecule has 0 atom stereocenters. The van der Waals surface area contributed by atoms with Crippen LogP contribution in [0.15, 0.2) is 24.5 Å². The molecule has 0 aliphatic heterocycles. The monoisotopic (exact) mass is 133 g/mol. The first-order chi connectivity index (χ1) is 4.93. The summed E-state index contributed by atoms with van der Waals surface area (Å²) in [5.74, 6) is 0.742. The van der Waals surface area contributed by atoms with Gasteiger partial charge in [-0.05, 0) is 25.5 Å². The van der Waals surface area contributed by atoms with Crippen molar-refractivity contribution in [1.82, 2.24) is 9.97 Å². The summed E-state index contributed by atoms with van der Waals surface area (Å²) in [5, 5.41) is 0. The third kappa shape index (κ3) is 1.97. The predicted octanol–water partition coefficient (Wildman–Crippen LogP) is 1.71. The Hall–Kier alpha value is -1.18. The number of nitrogens with zero attached hydrogens (tertiary/aromatic N) is 2. The molecule has 0 saturated heterocycles. The van der Waals surface area contributed by atoms with Gasteiger partial charge in [0.05, 0.1) is 0 Å². The lowest BCUT2D eigenvalue weighted by atomic mass is 10.4. The van der Waals surface area contributed by atoms with E-state index in [1.165, 1.54) is 0 Å². The smallest absolute Gasteiger partial charge is 0.151 e. The maximum atomic E-state index is 3.99. The fourth-order valence-electron chi connectivity index (χ4n) is 0.585. The molecule has 0 amide bonds. The summed E-state index contributed by atoms with van der Waals surface area (Å²) in [7, 11) is 0. The maximum absolute atomic E-state index is 3.99. The fraction of sp³-hybridized carbons (Fsp3) is 0.125. The standard InChI is InChI=1S/C8H9N2/c1-2-3-5-8-9-6-4-7-10-8/h3-7H,1-2H2. The fourth-order valence-corrected chi connectivity index (χ4v) is 0.585. The Kier molecular flexibility index (Phi) is 2.62. The topological polar surface area (TPSA) is 25.8 Å². The van der Waals surface area contributed by atoms with Gasteiger partial charge in [0.25, 0.3) is 0 Å². The van der Waals surface area contributed by atoms with Gasteiger partial charge in [-0.2, -0.15) is 0 Å². The van der Waals surface area contributed by atoms with E-state index in [0.29, 0.717) is 0 Å². The summed E-state index contributed by atoms with van der Waals surface area (Å²) >= 11 is 0. The normalized spacial score (nSPS) is 10.5. The lowest BCUT2D eigenvalue weighted by molar-refractivity contribution is 1.13. The zero-order valence-electron chi connectivity index (χ0n) is 5.70. The number of aromatic nitrogens is 2. The van der Waals surface area contributed by atoms with Gasteiger partial charge in [-0.1, -0.05) is 6.08 Å². The Morgan fingerprint density at radius 3 is 2.70 bits per heavy atom. The largest absolute Gasteiger partial charge is 0.237 e. The van der Waals surface area contributed by atoms with Crippen molar-refractivity contribution in [2.24, 2.45) is 0 Å². The van der Waals surface area contributed by atoms with Crippen molar-refractivity contribution in [3.05, 3.63) is 37.3 Å². The summed E-state index contributed by atoms with van der Waals surface area (Å²) in [6, 6.07) is 1.79. The van der Waals surface area contributed by atoms with Crippen LogP contribution in [0.2, 0.25) is 0 Å². The van der Waals surface area contributed by atoms with Gasteiger partial charge in [0.1, 0.15) is 0 Å². The highest BCUT2D eigenvalue weighted by Gasteiger charge is 1.82. The van der Waals surface area contributed by atoms with Crippen LogP contribution in [0, 0.1) is 6.92 Å². The lowest BCUT2D eigenvalue weighted by Gasteiger charge is -1.86. The van der Waals surface area contributed by atoms with Crippen molar-refractivity contribution >= 4 is 6.08 Å². The van der Waals surface area contributed by atoms with Crippen LogP contribution in [0.25, 0.3) is 6.08 Å². The van der Waals surface area contributed by atoms with Crippen LogP contribution < -0.4 is 0 Å². The molecule has 10 heavy (non-hydrogen) atoms. The SMILES string of the molecule is [CH2]CC=Cc1ncccn1. The minimum absolute atomic E-state index is 0.742. The first-order valence-electron chi connectivity index (χ1n) is 3.16. The van der Waals surface area contributed by atoms with E-state index >= 15 is 0 Å².